The van der Waals surface area contributed by atoms with Crippen LogP contribution in [0.4, 0.5) is 4.79 Å². The predicted molar refractivity (Wildman–Crippen MR) is 81.0 cm³/mol. The van der Waals surface area contributed by atoms with Crippen LogP contribution in [-0.2, 0) is 19.1 Å². The van der Waals surface area contributed by atoms with Gasteiger partial charge in [-0.1, -0.05) is 0 Å². The molecule has 1 aliphatic rings. The molecule has 0 radical (unpaired) electrons. The predicted octanol–water partition coefficient (Wildman–Crippen LogP) is 0.121. The number of rotatable bonds is 4. The van der Waals surface area contributed by atoms with E-state index in [1.54, 1.807) is 20.8 Å². The Hall–Kier alpha value is -1.81. The molecule has 130 valence electrons. The molecule has 4 N–H and O–H groups in total. The van der Waals surface area contributed by atoms with Crippen molar-refractivity contribution < 1.29 is 34.1 Å². The van der Waals surface area contributed by atoms with Crippen molar-refractivity contribution in [2.45, 2.75) is 50.3 Å². The second kappa shape index (κ2) is 6.36. The number of Topliss-reactive ketones (excluding diaryl/α,β-unsaturated/α-hetero) is 1. The van der Waals surface area contributed by atoms with Crippen LogP contribution in [0.15, 0.2) is 0 Å². The molecular weight excluding hydrogens is 328 g/mol. The molecule has 1 rings (SSSR count). The van der Waals surface area contributed by atoms with Crippen molar-refractivity contribution in [2.24, 2.45) is 5.73 Å². The number of nitrogens with two attached hydrogens (primary N) is 1. The maximum absolute atomic E-state index is 12.4. The summed E-state index contributed by atoms with van der Waals surface area (Å²) in [5.41, 5.74) is 4.51. The van der Waals surface area contributed by atoms with E-state index in [1.807, 2.05) is 0 Å². The average Bonchev–Trinajstić information content (AvgIpc) is 2.76. The van der Waals surface area contributed by atoms with Crippen LogP contribution in [0.2, 0.25) is 0 Å². The highest BCUT2D eigenvalue weighted by atomic mass is 32.2. The number of hydrogen-bond acceptors (Lipinski definition) is 7. The smallest absolute Gasteiger partial charge is 0.413 e. The lowest BCUT2D eigenvalue weighted by Crippen LogP contribution is -2.64. The number of amides is 1. The van der Waals surface area contributed by atoms with E-state index < -0.39 is 46.4 Å². The van der Waals surface area contributed by atoms with Crippen molar-refractivity contribution in [3.05, 3.63) is 0 Å². The van der Waals surface area contributed by atoms with Crippen LogP contribution in [0.3, 0.4) is 0 Å². The second-order valence-electron chi connectivity index (χ2n) is 6.12. The first-order valence-electron chi connectivity index (χ1n) is 6.77. The van der Waals surface area contributed by atoms with Crippen molar-refractivity contribution in [2.75, 3.05) is 5.75 Å². The lowest BCUT2D eigenvalue weighted by atomic mass is 10.0. The maximum atomic E-state index is 12.4. The van der Waals surface area contributed by atoms with E-state index in [-0.39, 0.29) is 5.75 Å². The molecule has 0 spiro atoms. The summed E-state index contributed by atoms with van der Waals surface area (Å²) in [5.74, 6) is -4.31. The Morgan fingerprint density at radius 2 is 1.83 bits per heavy atom. The van der Waals surface area contributed by atoms with E-state index in [2.05, 4.69) is 0 Å². The Labute approximate surface area is 137 Å². The van der Waals surface area contributed by atoms with Gasteiger partial charge in [0.15, 0.2) is 5.78 Å². The quantitative estimate of drug-likeness (QED) is 0.602. The van der Waals surface area contributed by atoms with Crippen molar-refractivity contribution in [3.8, 4) is 0 Å². The lowest BCUT2D eigenvalue weighted by Gasteiger charge is -2.36. The molecule has 23 heavy (non-hydrogen) atoms. The summed E-state index contributed by atoms with van der Waals surface area (Å²) >= 11 is 0.548. The Kier molecular flexibility index (Phi) is 5.32. The third-order valence-electron chi connectivity index (χ3n) is 3.01. The molecule has 1 heterocycles. The zero-order chi connectivity index (χ0) is 18.2. The minimum Gasteiger partial charge on any atom is -0.480 e. The first-order valence-corrected chi connectivity index (χ1v) is 7.75. The highest BCUT2D eigenvalue weighted by Gasteiger charge is 2.63. The number of ketones is 1. The zero-order valence-corrected chi connectivity index (χ0v) is 14.0. The van der Waals surface area contributed by atoms with Crippen molar-refractivity contribution >= 4 is 35.6 Å². The Balaban J connectivity index is 3.43. The van der Waals surface area contributed by atoms with Gasteiger partial charge in [0, 0.05) is 5.75 Å². The summed E-state index contributed by atoms with van der Waals surface area (Å²) in [7, 11) is 0. The van der Waals surface area contributed by atoms with E-state index in [4.69, 9.17) is 10.5 Å². The molecule has 0 saturated carbocycles. The van der Waals surface area contributed by atoms with Crippen LogP contribution in [0.1, 0.15) is 27.7 Å². The summed E-state index contributed by atoms with van der Waals surface area (Å²) in [5, 5.41) is 18.8. The fourth-order valence-corrected chi connectivity index (χ4v) is 3.56. The lowest BCUT2D eigenvalue weighted by molar-refractivity contribution is -0.154. The standard InChI is InChI=1S/C13H20N2O7S/c1-6(14)8(16)13(10(19)20)15(7(5-23-13)9(17)18)11(21)22-12(2,3)4/h6-7H,5,14H2,1-4H3,(H,17,18)(H,19,20)/t6-,7?,13?/m0/s1. The third-order valence-corrected chi connectivity index (χ3v) is 4.49. The van der Waals surface area contributed by atoms with Crippen LogP contribution in [0.5, 0.6) is 0 Å². The summed E-state index contributed by atoms with van der Waals surface area (Å²) in [4.78, 5) is 46.0. The maximum Gasteiger partial charge on any atom is 0.413 e. The molecule has 0 bridgehead atoms. The van der Waals surface area contributed by atoms with Crippen LogP contribution in [-0.4, -0.2) is 67.2 Å². The fraction of sp³-hybridized carbons (Fsp3) is 0.692. The normalized spacial score (nSPS) is 25.8. The number of aliphatic carboxylic acids is 2. The Morgan fingerprint density at radius 1 is 1.30 bits per heavy atom. The van der Waals surface area contributed by atoms with Crippen LogP contribution >= 0.6 is 11.8 Å². The van der Waals surface area contributed by atoms with E-state index in [0.29, 0.717) is 16.7 Å². The molecule has 0 aliphatic carbocycles. The van der Waals surface area contributed by atoms with E-state index >= 15 is 0 Å². The first-order chi connectivity index (χ1) is 10.3. The van der Waals surface area contributed by atoms with Crippen molar-refractivity contribution in [1.82, 2.24) is 4.90 Å². The van der Waals surface area contributed by atoms with E-state index in [1.165, 1.54) is 6.92 Å². The molecular formula is C13H20N2O7S. The van der Waals surface area contributed by atoms with Gasteiger partial charge in [-0.15, -0.1) is 11.8 Å². The molecule has 3 atom stereocenters. The molecule has 10 heteroatoms. The van der Waals surface area contributed by atoms with Gasteiger partial charge in [-0.05, 0) is 27.7 Å². The van der Waals surface area contributed by atoms with Gasteiger partial charge in [-0.25, -0.2) is 14.4 Å². The summed E-state index contributed by atoms with van der Waals surface area (Å²) in [6.45, 7) is 5.90. The Bertz CT molecular complexity index is 543. The van der Waals surface area contributed by atoms with Crippen LogP contribution < -0.4 is 5.73 Å². The summed E-state index contributed by atoms with van der Waals surface area (Å²) in [6.07, 6.45) is -1.19. The van der Waals surface area contributed by atoms with Crippen molar-refractivity contribution in [1.29, 1.82) is 0 Å². The molecule has 2 unspecified atom stereocenters. The fourth-order valence-electron chi connectivity index (χ4n) is 2.08. The molecule has 0 aromatic heterocycles. The van der Waals surface area contributed by atoms with Gasteiger partial charge in [0.2, 0.25) is 0 Å². The number of thioether (sulfide) groups is 1. The molecule has 1 aliphatic heterocycles. The number of carbonyl (C=O) groups excluding carboxylic acids is 2. The minimum atomic E-state index is -2.42. The van der Waals surface area contributed by atoms with E-state index in [0.717, 1.165) is 0 Å². The molecule has 1 saturated heterocycles. The third kappa shape index (κ3) is 3.58. The highest BCUT2D eigenvalue weighted by molar-refractivity contribution is 8.02. The second-order valence-corrected chi connectivity index (χ2v) is 7.33. The number of ether oxygens (including phenoxy) is 1. The van der Waals surface area contributed by atoms with Gasteiger partial charge < -0.3 is 20.7 Å². The molecule has 0 aromatic rings. The highest BCUT2D eigenvalue weighted by Crippen LogP contribution is 2.42. The largest absolute Gasteiger partial charge is 0.480 e. The molecule has 1 fully saturated rings. The van der Waals surface area contributed by atoms with Gasteiger partial charge in [0.25, 0.3) is 4.87 Å². The van der Waals surface area contributed by atoms with Gasteiger partial charge in [-0.2, -0.15) is 0 Å². The SMILES string of the molecule is C[C@H](N)C(=O)C1(C(=O)O)SCC(C(=O)O)N1C(=O)OC(C)(C)C. The molecule has 0 aromatic carbocycles. The van der Waals surface area contributed by atoms with Crippen LogP contribution in [0.25, 0.3) is 0 Å². The zero-order valence-electron chi connectivity index (χ0n) is 13.2. The monoisotopic (exact) mass is 348 g/mol. The Morgan fingerprint density at radius 3 is 2.17 bits per heavy atom. The first kappa shape index (κ1) is 19.2. The number of carbonyl (C=O) groups is 4. The van der Waals surface area contributed by atoms with Gasteiger partial charge >= 0.3 is 18.0 Å². The average molecular weight is 348 g/mol. The van der Waals surface area contributed by atoms with Crippen LogP contribution in [0, 0.1) is 0 Å². The van der Waals surface area contributed by atoms with Gasteiger partial charge in [0.05, 0.1) is 6.04 Å². The minimum absolute atomic E-state index is 0.265. The molecule has 9 nitrogen and oxygen atoms in total. The summed E-state index contributed by atoms with van der Waals surface area (Å²) < 4.78 is 5.09. The number of nitrogens with zero attached hydrogens (tertiary/aromatic N) is 1. The molecule has 1 amide bonds. The van der Waals surface area contributed by atoms with E-state index in [9.17, 15) is 29.4 Å². The topological polar surface area (TPSA) is 147 Å². The number of hydrogen-bond donors (Lipinski definition) is 3. The number of carboxylic acid groups (broad SMARTS) is 2. The van der Waals surface area contributed by atoms with Gasteiger partial charge in [0.1, 0.15) is 11.6 Å². The van der Waals surface area contributed by atoms with Gasteiger partial charge in [-0.3, -0.25) is 9.69 Å². The number of carboxylic acids is 2. The summed E-state index contributed by atoms with van der Waals surface area (Å²) in [6, 6.07) is -2.70. The van der Waals surface area contributed by atoms with Crippen molar-refractivity contribution in [3.63, 3.8) is 0 Å².